The average molecular weight is 354 g/mol. The average Bonchev–Trinajstić information content (AvgIpc) is 2.88. The maximum Gasteiger partial charge on any atom is 0.299 e. The zero-order valence-electron chi connectivity index (χ0n) is 10.4. The molecule has 1 aromatic heterocycles. The molecule has 0 saturated carbocycles. The molecule has 0 aliphatic carbocycles. The number of anilines is 1. The lowest BCUT2D eigenvalue weighted by Crippen LogP contribution is -2.29. The van der Waals surface area contributed by atoms with Crippen LogP contribution in [0.15, 0.2) is 28.1 Å². The van der Waals surface area contributed by atoms with Gasteiger partial charge in [0.2, 0.25) is 0 Å². The minimum Gasteiger partial charge on any atom is -0.299 e. The van der Waals surface area contributed by atoms with Crippen LogP contribution in [0.4, 0.5) is 10.1 Å². The molecule has 3 nitrogen and oxygen atoms in total. The van der Waals surface area contributed by atoms with Gasteiger partial charge in [-0.1, -0.05) is 0 Å². The third-order valence-corrected chi connectivity index (χ3v) is 4.77. The summed E-state index contributed by atoms with van der Waals surface area (Å²) in [5, 5.41) is 0. The van der Waals surface area contributed by atoms with Crippen LogP contribution in [0.1, 0.15) is 20.8 Å². The monoisotopic (exact) mass is 353 g/mol. The van der Waals surface area contributed by atoms with Crippen molar-refractivity contribution in [2.24, 2.45) is 0 Å². The van der Waals surface area contributed by atoms with Crippen LogP contribution < -0.4 is 4.90 Å². The molecule has 102 valence electrons. The number of fused-ring (bicyclic) bond motifs is 1. The minimum absolute atomic E-state index is 0.156. The number of amides is 1. The Bertz CT molecular complexity index is 741. The van der Waals surface area contributed by atoms with Crippen molar-refractivity contribution in [1.29, 1.82) is 0 Å². The van der Waals surface area contributed by atoms with E-state index in [1.54, 1.807) is 6.92 Å². The molecule has 0 spiro atoms. The molecule has 0 bridgehead atoms. The molecule has 0 saturated heterocycles. The summed E-state index contributed by atoms with van der Waals surface area (Å²) in [6.07, 6.45) is 0. The molecule has 20 heavy (non-hydrogen) atoms. The van der Waals surface area contributed by atoms with Crippen molar-refractivity contribution >= 4 is 44.6 Å². The van der Waals surface area contributed by atoms with Crippen molar-refractivity contribution < 1.29 is 14.0 Å². The van der Waals surface area contributed by atoms with Crippen molar-refractivity contribution in [2.45, 2.75) is 13.5 Å². The number of hydrogen-bond acceptors (Lipinski definition) is 3. The standard InChI is InChI=1S/C14H9BrFNO2S/c1-7-4-8(16)5-10-12(7)17(14(19)13(10)18)6-9-2-3-11(15)20-9/h2-5H,6H2,1H3. The molecule has 0 fully saturated rings. The second kappa shape index (κ2) is 4.79. The lowest BCUT2D eigenvalue weighted by atomic mass is 10.1. The normalized spacial score (nSPS) is 14.1. The summed E-state index contributed by atoms with van der Waals surface area (Å²) in [5.41, 5.74) is 1.27. The number of hydrogen-bond donors (Lipinski definition) is 0. The zero-order chi connectivity index (χ0) is 14.4. The van der Waals surface area contributed by atoms with Crippen LogP contribution in [0, 0.1) is 12.7 Å². The van der Waals surface area contributed by atoms with E-state index >= 15 is 0 Å². The van der Waals surface area contributed by atoms with Crippen LogP contribution in [-0.2, 0) is 11.3 Å². The van der Waals surface area contributed by atoms with Gasteiger partial charge in [0.1, 0.15) is 5.82 Å². The number of halogens is 2. The SMILES string of the molecule is Cc1cc(F)cc2c1N(Cc1ccc(Br)s1)C(=O)C2=O. The molecular weight excluding hydrogens is 345 g/mol. The molecule has 1 aromatic carbocycles. The summed E-state index contributed by atoms with van der Waals surface area (Å²) in [6, 6.07) is 6.25. The molecule has 0 atom stereocenters. The van der Waals surface area contributed by atoms with Crippen LogP contribution in [0.3, 0.4) is 0 Å². The van der Waals surface area contributed by atoms with E-state index < -0.39 is 17.5 Å². The number of Topliss-reactive ketones (excluding diaryl/α,β-unsaturated/α-hetero) is 1. The van der Waals surface area contributed by atoms with Crippen LogP contribution in [0.2, 0.25) is 0 Å². The number of thiophene rings is 1. The van der Waals surface area contributed by atoms with Crippen molar-refractivity contribution in [2.75, 3.05) is 4.90 Å². The topological polar surface area (TPSA) is 37.4 Å². The molecule has 2 heterocycles. The van der Waals surface area contributed by atoms with E-state index in [9.17, 15) is 14.0 Å². The molecule has 3 rings (SSSR count). The Labute approximate surface area is 127 Å². The van der Waals surface area contributed by atoms with Gasteiger partial charge >= 0.3 is 0 Å². The second-order valence-electron chi connectivity index (χ2n) is 4.55. The Balaban J connectivity index is 2.06. The Hall–Kier alpha value is -1.53. The first kappa shape index (κ1) is 13.5. The fourth-order valence-electron chi connectivity index (χ4n) is 2.35. The maximum absolute atomic E-state index is 13.4. The van der Waals surface area contributed by atoms with E-state index in [-0.39, 0.29) is 5.56 Å². The summed E-state index contributed by atoms with van der Waals surface area (Å²) in [7, 11) is 0. The van der Waals surface area contributed by atoms with Crippen LogP contribution in [0.25, 0.3) is 0 Å². The fourth-order valence-corrected chi connectivity index (χ4v) is 3.82. The van der Waals surface area contributed by atoms with Crippen LogP contribution in [0.5, 0.6) is 0 Å². The highest BCUT2D eigenvalue weighted by Gasteiger charge is 2.37. The number of ketones is 1. The lowest BCUT2D eigenvalue weighted by Gasteiger charge is -2.17. The first-order chi connectivity index (χ1) is 9.47. The lowest BCUT2D eigenvalue weighted by molar-refractivity contribution is -0.114. The molecular formula is C14H9BrFNO2S. The van der Waals surface area contributed by atoms with Gasteiger partial charge in [-0.25, -0.2) is 4.39 Å². The summed E-state index contributed by atoms with van der Waals surface area (Å²) < 4.78 is 14.4. The largest absolute Gasteiger partial charge is 0.299 e. The number of carbonyl (C=O) groups excluding carboxylic acids is 2. The van der Waals surface area contributed by atoms with Crippen molar-refractivity contribution in [3.05, 3.63) is 49.9 Å². The predicted octanol–water partition coefficient (Wildman–Crippen LogP) is 3.69. The van der Waals surface area contributed by atoms with Gasteiger partial charge in [0.25, 0.3) is 11.7 Å². The second-order valence-corrected chi connectivity index (χ2v) is 7.09. The Morgan fingerprint density at radius 2 is 2.05 bits per heavy atom. The highest BCUT2D eigenvalue weighted by Crippen LogP contribution is 2.35. The predicted molar refractivity (Wildman–Crippen MR) is 78.7 cm³/mol. The van der Waals surface area contributed by atoms with Crippen molar-refractivity contribution in [3.8, 4) is 0 Å². The molecule has 6 heteroatoms. The number of rotatable bonds is 2. The summed E-state index contributed by atoms with van der Waals surface area (Å²) >= 11 is 4.86. The van der Waals surface area contributed by atoms with Gasteiger partial charge in [-0.05, 0) is 52.7 Å². The fraction of sp³-hybridized carbons (Fsp3) is 0.143. The van der Waals surface area contributed by atoms with Crippen LogP contribution >= 0.6 is 27.3 Å². The number of aryl methyl sites for hydroxylation is 1. The van der Waals surface area contributed by atoms with Crippen molar-refractivity contribution in [1.82, 2.24) is 0 Å². The third-order valence-electron chi connectivity index (χ3n) is 3.16. The van der Waals surface area contributed by atoms with E-state index in [4.69, 9.17) is 0 Å². The number of nitrogens with zero attached hydrogens (tertiary/aromatic N) is 1. The Morgan fingerprint density at radius 1 is 1.30 bits per heavy atom. The van der Waals surface area contributed by atoms with Gasteiger partial charge < -0.3 is 0 Å². The highest BCUT2D eigenvalue weighted by atomic mass is 79.9. The van der Waals surface area contributed by atoms with Gasteiger partial charge in [0.05, 0.1) is 21.6 Å². The van der Waals surface area contributed by atoms with E-state index in [1.807, 2.05) is 12.1 Å². The molecule has 0 unspecified atom stereocenters. The Kier molecular flexibility index (Phi) is 3.22. The number of benzene rings is 1. The Morgan fingerprint density at radius 3 is 2.70 bits per heavy atom. The van der Waals surface area contributed by atoms with E-state index in [0.29, 0.717) is 17.8 Å². The summed E-state index contributed by atoms with van der Waals surface area (Å²) in [5.74, 6) is -1.74. The molecule has 1 amide bonds. The molecule has 1 aliphatic rings. The highest BCUT2D eigenvalue weighted by molar-refractivity contribution is 9.11. The summed E-state index contributed by atoms with van der Waals surface area (Å²) in [6.45, 7) is 2.02. The van der Waals surface area contributed by atoms with Crippen LogP contribution in [-0.4, -0.2) is 11.7 Å². The first-order valence-corrected chi connectivity index (χ1v) is 7.49. The minimum atomic E-state index is -0.641. The number of carbonyl (C=O) groups is 2. The maximum atomic E-state index is 13.4. The van der Waals surface area contributed by atoms with Gasteiger partial charge in [-0.2, -0.15) is 0 Å². The van der Waals surface area contributed by atoms with Gasteiger partial charge in [-0.3, -0.25) is 14.5 Å². The van der Waals surface area contributed by atoms with Gasteiger partial charge in [0.15, 0.2) is 0 Å². The smallest absolute Gasteiger partial charge is 0.299 e. The first-order valence-electron chi connectivity index (χ1n) is 5.88. The molecule has 0 radical (unpaired) electrons. The van der Waals surface area contributed by atoms with Crippen molar-refractivity contribution in [3.63, 3.8) is 0 Å². The van der Waals surface area contributed by atoms with E-state index in [2.05, 4.69) is 15.9 Å². The molecule has 0 N–H and O–H groups in total. The van der Waals surface area contributed by atoms with E-state index in [1.165, 1.54) is 22.3 Å². The van der Waals surface area contributed by atoms with E-state index in [0.717, 1.165) is 14.7 Å². The molecule has 2 aromatic rings. The molecule has 1 aliphatic heterocycles. The zero-order valence-corrected chi connectivity index (χ0v) is 12.8. The van der Waals surface area contributed by atoms with Gasteiger partial charge in [-0.15, -0.1) is 11.3 Å². The van der Waals surface area contributed by atoms with Gasteiger partial charge in [0, 0.05) is 4.88 Å². The quantitative estimate of drug-likeness (QED) is 0.772. The third kappa shape index (κ3) is 2.09. The summed E-state index contributed by atoms with van der Waals surface area (Å²) in [4.78, 5) is 26.4.